The topological polar surface area (TPSA) is 68.5 Å². The first-order chi connectivity index (χ1) is 9.19. The van der Waals surface area contributed by atoms with Gasteiger partial charge in [-0.25, -0.2) is 9.78 Å². The zero-order chi connectivity index (χ0) is 13.8. The maximum atomic E-state index is 11.7. The van der Waals surface area contributed by atoms with Crippen LogP contribution < -0.4 is 10.6 Å². The molecule has 1 aromatic rings. The highest BCUT2D eigenvalue weighted by Crippen LogP contribution is 2.31. The highest BCUT2D eigenvalue weighted by Gasteiger charge is 2.25. The Kier molecular flexibility index (Phi) is 4.24. The van der Waals surface area contributed by atoms with Crippen LogP contribution in [0.15, 0.2) is 12.3 Å². The van der Waals surface area contributed by atoms with E-state index in [0.717, 1.165) is 31.6 Å². The summed E-state index contributed by atoms with van der Waals surface area (Å²) in [4.78, 5) is 18.3. The summed E-state index contributed by atoms with van der Waals surface area (Å²) in [5, 5.41) is 0. The monoisotopic (exact) mass is 263 g/mol. The van der Waals surface area contributed by atoms with Crippen LogP contribution in [0.2, 0.25) is 0 Å². The molecule has 0 radical (unpaired) electrons. The number of hydrogen-bond donors (Lipinski definition) is 1. The summed E-state index contributed by atoms with van der Waals surface area (Å²) in [5.41, 5.74) is 6.92. The van der Waals surface area contributed by atoms with Gasteiger partial charge in [0.25, 0.3) is 0 Å². The van der Waals surface area contributed by atoms with E-state index in [9.17, 15) is 4.79 Å². The van der Waals surface area contributed by atoms with Crippen LogP contribution in [0.3, 0.4) is 0 Å². The van der Waals surface area contributed by atoms with Crippen LogP contribution in [0.25, 0.3) is 0 Å². The molecule has 5 heteroatoms. The Hall–Kier alpha value is -1.78. The van der Waals surface area contributed by atoms with Gasteiger partial charge in [0.15, 0.2) is 5.82 Å². The van der Waals surface area contributed by atoms with E-state index in [1.807, 2.05) is 0 Å². The van der Waals surface area contributed by atoms with Crippen molar-refractivity contribution < 1.29 is 9.53 Å². The van der Waals surface area contributed by atoms with Gasteiger partial charge < -0.3 is 15.4 Å². The second-order valence-corrected chi connectivity index (χ2v) is 4.84. The molecule has 0 aromatic carbocycles. The van der Waals surface area contributed by atoms with Gasteiger partial charge in [0, 0.05) is 18.8 Å². The summed E-state index contributed by atoms with van der Waals surface area (Å²) in [5.74, 6) is 0.306. The maximum Gasteiger partial charge on any atom is 0.340 e. The molecule has 1 aromatic heterocycles. The van der Waals surface area contributed by atoms with E-state index in [4.69, 9.17) is 10.5 Å². The summed E-state index contributed by atoms with van der Waals surface area (Å²) in [6, 6.07) is 2.06. The zero-order valence-electron chi connectivity index (χ0n) is 11.6. The number of piperidine rings is 1. The minimum absolute atomic E-state index is 0.396. The minimum Gasteiger partial charge on any atom is -0.465 e. The van der Waals surface area contributed by atoms with Crippen LogP contribution in [-0.2, 0) is 4.74 Å². The number of pyridine rings is 1. The van der Waals surface area contributed by atoms with Gasteiger partial charge in [-0.15, -0.1) is 0 Å². The molecule has 1 saturated heterocycles. The number of carbonyl (C=O) groups is 1. The minimum atomic E-state index is -0.411. The van der Waals surface area contributed by atoms with Crippen LogP contribution in [0, 0.1) is 0 Å². The molecule has 2 heterocycles. The van der Waals surface area contributed by atoms with Crippen molar-refractivity contribution in [3.63, 3.8) is 0 Å². The van der Waals surface area contributed by atoms with Gasteiger partial charge >= 0.3 is 5.97 Å². The van der Waals surface area contributed by atoms with Crippen molar-refractivity contribution in [2.75, 3.05) is 24.3 Å². The SMILES string of the molecule is CCC1CCCCN1c1nccc(C(=O)OC)c1N. The Morgan fingerprint density at radius 2 is 2.37 bits per heavy atom. The molecule has 5 nitrogen and oxygen atoms in total. The summed E-state index contributed by atoms with van der Waals surface area (Å²) in [7, 11) is 1.36. The molecule has 0 bridgehead atoms. The first-order valence-electron chi connectivity index (χ1n) is 6.78. The summed E-state index contributed by atoms with van der Waals surface area (Å²) >= 11 is 0. The maximum absolute atomic E-state index is 11.7. The number of anilines is 2. The molecule has 1 aliphatic rings. The van der Waals surface area contributed by atoms with E-state index in [-0.39, 0.29) is 0 Å². The number of nitrogens with zero attached hydrogens (tertiary/aromatic N) is 2. The standard InChI is InChI=1S/C14H21N3O2/c1-3-10-6-4-5-9-17(10)13-12(15)11(7-8-16-13)14(18)19-2/h7-8,10H,3-6,9,15H2,1-2H3. The van der Waals surface area contributed by atoms with Crippen LogP contribution in [-0.4, -0.2) is 30.6 Å². The van der Waals surface area contributed by atoms with Crippen molar-refractivity contribution in [3.8, 4) is 0 Å². The lowest BCUT2D eigenvalue weighted by molar-refractivity contribution is 0.0602. The van der Waals surface area contributed by atoms with E-state index in [1.165, 1.54) is 13.5 Å². The number of rotatable bonds is 3. The molecule has 104 valence electrons. The second-order valence-electron chi connectivity index (χ2n) is 4.84. The highest BCUT2D eigenvalue weighted by molar-refractivity contribution is 5.97. The third-order valence-electron chi connectivity index (χ3n) is 3.74. The Bertz CT molecular complexity index is 462. The van der Waals surface area contributed by atoms with Gasteiger partial charge in [-0.3, -0.25) is 0 Å². The lowest BCUT2D eigenvalue weighted by Gasteiger charge is -2.37. The smallest absolute Gasteiger partial charge is 0.340 e. The fourth-order valence-electron chi connectivity index (χ4n) is 2.68. The fourth-order valence-corrected chi connectivity index (χ4v) is 2.68. The fraction of sp³-hybridized carbons (Fsp3) is 0.571. The molecule has 0 saturated carbocycles. The molecule has 0 spiro atoms. The van der Waals surface area contributed by atoms with E-state index in [1.54, 1.807) is 12.3 Å². The van der Waals surface area contributed by atoms with E-state index < -0.39 is 5.97 Å². The Morgan fingerprint density at radius 3 is 3.05 bits per heavy atom. The van der Waals surface area contributed by atoms with E-state index in [2.05, 4.69) is 16.8 Å². The highest BCUT2D eigenvalue weighted by atomic mass is 16.5. The van der Waals surface area contributed by atoms with Crippen molar-refractivity contribution in [1.29, 1.82) is 0 Å². The van der Waals surface area contributed by atoms with Crippen LogP contribution in [0.4, 0.5) is 11.5 Å². The first-order valence-corrected chi connectivity index (χ1v) is 6.78. The number of nitrogen functional groups attached to an aromatic ring is 1. The van der Waals surface area contributed by atoms with Gasteiger partial charge in [0.2, 0.25) is 0 Å². The Balaban J connectivity index is 2.36. The van der Waals surface area contributed by atoms with Crippen LogP contribution >= 0.6 is 0 Å². The molecule has 1 fully saturated rings. The summed E-state index contributed by atoms with van der Waals surface area (Å²) < 4.78 is 4.75. The van der Waals surface area contributed by atoms with Crippen molar-refractivity contribution in [1.82, 2.24) is 4.98 Å². The number of nitrogens with two attached hydrogens (primary N) is 1. The van der Waals surface area contributed by atoms with Crippen molar-refractivity contribution in [3.05, 3.63) is 17.8 Å². The summed E-state index contributed by atoms with van der Waals surface area (Å²) in [6.07, 6.45) is 6.22. The molecular formula is C14H21N3O2. The number of hydrogen-bond acceptors (Lipinski definition) is 5. The average molecular weight is 263 g/mol. The normalized spacial score (nSPS) is 19.3. The van der Waals surface area contributed by atoms with E-state index in [0.29, 0.717) is 17.3 Å². The molecule has 0 amide bonds. The predicted molar refractivity (Wildman–Crippen MR) is 75.3 cm³/mol. The van der Waals surface area contributed by atoms with Crippen LogP contribution in [0.5, 0.6) is 0 Å². The molecule has 1 aliphatic heterocycles. The Labute approximate surface area is 113 Å². The zero-order valence-corrected chi connectivity index (χ0v) is 11.6. The molecule has 19 heavy (non-hydrogen) atoms. The molecule has 2 N–H and O–H groups in total. The number of methoxy groups -OCH3 is 1. The molecule has 1 atom stereocenters. The van der Waals surface area contributed by atoms with Gasteiger partial charge in [-0.05, 0) is 31.7 Å². The van der Waals surface area contributed by atoms with E-state index >= 15 is 0 Å². The quantitative estimate of drug-likeness (QED) is 0.847. The largest absolute Gasteiger partial charge is 0.465 e. The predicted octanol–water partition coefficient (Wildman–Crippen LogP) is 2.22. The number of esters is 1. The molecule has 0 aliphatic carbocycles. The third kappa shape index (κ3) is 2.64. The first kappa shape index (κ1) is 13.6. The second kappa shape index (κ2) is 5.91. The lowest BCUT2D eigenvalue weighted by atomic mass is 9.99. The number of carbonyl (C=O) groups excluding carboxylic acids is 1. The van der Waals surface area contributed by atoms with Gasteiger partial charge in [0.1, 0.15) is 0 Å². The van der Waals surface area contributed by atoms with Crippen molar-refractivity contribution >= 4 is 17.5 Å². The molecule has 2 rings (SSSR count). The van der Waals surface area contributed by atoms with Gasteiger partial charge in [-0.2, -0.15) is 0 Å². The van der Waals surface area contributed by atoms with Gasteiger partial charge in [0.05, 0.1) is 18.4 Å². The Morgan fingerprint density at radius 1 is 1.58 bits per heavy atom. The molecular weight excluding hydrogens is 242 g/mol. The number of ether oxygens (including phenoxy) is 1. The lowest BCUT2D eigenvalue weighted by Crippen LogP contribution is -2.40. The summed E-state index contributed by atoms with van der Waals surface area (Å²) in [6.45, 7) is 3.11. The van der Waals surface area contributed by atoms with Gasteiger partial charge in [-0.1, -0.05) is 6.92 Å². The average Bonchev–Trinajstić information content (AvgIpc) is 2.46. The number of aromatic nitrogens is 1. The third-order valence-corrected chi connectivity index (χ3v) is 3.74. The van der Waals surface area contributed by atoms with Crippen molar-refractivity contribution in [2.45, 2.75) is 38.6 Å². The molecule has 1 unspecified atom stereocenters. The van der Waals surface area contributed by atoms with Crippen LogP contribution in [0.1, 0.15) is 43.0 Å². The van der Waals surface area contributed by atoms with Crippen molar-refractivity contribution in [2.24, 2.45) is 0 Å².